The van der Waals surface area contributed by atoms with Gasteiger partial charge in [-0.1, -0.05) is 39.0 Å². The van der Waals surface area contributed by atoms with Crippen LogP contribution in [0.5, 0.6) is 0 Å². The van der Waals surface area contributed by atoms with Crippen molar-refractivity contribution in [1.82, 2.24) is 5.32 Å². The van der Waals surface area contributed by atoms with Gasteiger partial charge >= 0.3 is 0 Å². The highest BCUT2D eigenvalue weighted by atomic mass is 16.1. The van der Waals surface area contributed by atoms with Gasteiger partial charge in [-0.25, -0.2) is 0 Å². The molecule has 0 saturated heterocycles. The second-order valence-electron chi connectivity index (χ2n) is 3.15. The molecule has 3 nitrogen and oxygen atoms in total. The fourth-order valence-electron chi connectivity index (χ4n) is 1.31. The quantitative estimate of drug-likeness (QED) is 0.613. The van der Waals surface area contributed by atoms with Crippen LogP contribution in [0.3, 0.4) is 0 Å². The highest BCUT2D eigenvalue weighted by molar-refractivity contribution is 5.44. The van der Waals surface area contributed by atoms with Crippen molar-refractivity contribution in [3.05, 3.63) is 0 Å². The number of rotatable bonds is 1. The first-order valence-electron chi connectivity index (χ1n) is 5.00. The van der Waals surface area contributed by atoms with Crippen LogP contribution in [0.4, 0.5) is 0 Å². The lowest BCUT2D eigenvalue weighted by Gasteiger charge is -2.15. The molecular formula is C10H24N2O. The van der Waals surface area contributed by atoms with Crippen molar-refractivity contribution in [2.75, 3.05) is 14.1 Å². The zero-order valence-corrected chi connectivity index (χ0v) is 9.18. The lowest BCUT2D eigenvalue weighted by molar-refractivity contribution is -0.109. The highest BCUT2D eigenvalue weighted by Gasteiger charge is 2.05. The van der Waals surface area contributed by atoms with Crippen LogP contribution in [-0.2, 0) is 4.79 Å². The van der Waals surface area contributed by atoms with Gasteiger partial charge in [0.25, 0.3) is 0 Å². The van der Waals surface area contributed by atoms with Crippen molar-refractivity contribution in [2.45, 2.75) is 39.0 Å². The molecule has 3 N–H and O–H groups in total. The van der Waals surface area contributed by atoms with E-state index in [1.54, 1.807) is 7.05 Å². The number of nitrogens with one attached hydrogen (secondary N) is 1. The summed E-state index contributed by atoms with van der Waals surface area (Å²) >= 11 is 0. The third-order valence-electron chi connectivity index (χ3n) is 2.01. The third kappa shape index (κ3) is 14.3. The molecule has 0 aliphatic heterocycles. The van der Waals surface area contributed by atoms with Gasteiger partial charge in [0.05, 0.1) is 0 Å². The Morgan fingerprint density at radius 1 is 1.23 bits per heavy atom. The first-order chi connectivity index (χ1) is 6.31. The summed E-state index contributed by atoms with van der Waals surface area (Å²) in [6, 6.07) is 0. The molecule has 1 fully saturated rings. The lowest BCUT2D eigenvalue weighted by atomic mass is 9.91. The smallest absolute Gasteiger partial charge is 0.206 e. The van der Waals surface area contributed by atoms with Gasteiger partial charge in [0.15, 0.2) is 0 Å². The molecule has 1 aliphatic rings. The Kier molecular flexibility index (Phi) is 16.1. The SMILES string of the molecule is CC1CCCCC1.CN.CNC=O. The second kappa shape index (κ2) is 14.0. The topological polar surface area (TPSA) is 55.1 Å². The number of hydrogen-bond acceptors (Lipinski definition) is 2. The molecular weight excluding hydrogens is 164 g/mol. The van der Waals surface area contributed by atoms with Crippen LogP contribution in [-0.4, -0.2) is 20.5 Å². The van der Waals surface area contributed by atoms with Crippen molar-refractivity contribution < 1.29 is 4.79 Å². The summed E-state index contributed by atoms with van der Waals surface area (Å²) in [5, 5.41) is 2.25. The Bertz CT molecular complexity index is 90.9. The Labute approximate surface area is 82.1 Å². The van der Waals surface area contributed by atoms with Gasteiger partial charge in [-0.15, -0.1) is 0 Å². The first-order valence-corrected chi connectivity index (χ1v) is 5.00. The summed E-state index contributed by atoms with van der Waals surface area (Å²) in [5.74, 6) is 1.04. The molecule has 80 valence electrons. The van der Waals surface area contributed by atoms with Crippen LogP contribution in [0.1, 0.15) is 39.0 Å². The second-order valence-corrected chi connectivity index (χ2v) is 3.15. The van der Waals surface area contributed by atoms with Gasteiger partial charge in [0, 0.05) is 7.05 Å². The molecule has 0 radical (unpaired) electrons. The monoisotopic (exact) mass is 188 g/mol. The third-order valence-corrected chi connectivity index (χ3v) is 2.01. The average molecular weight is 188 g/mol. The average Bonchev–Trinajstić information content (AvgIpc) is 2.22. The number of amides is 1. The Morgan fingerprint density at radius 3 is 1.77 bits per heavy atom. The fraction of sp³-hybridized carbons (Fsp3) is 0.900. The van der Waals surface area contributed by atoms with E-state index >= 15 is 0 Å². The largest absolute Gasteiger partial charge is 0.362 e. The standard InChI is InChI=1S/C7H14.C2H5NO.CH5N/c1-7-5-3-2-4-6-7;1-3-2-4;1-2/h7H,2-6H2,1H3;2H,1H3,(H,3,4);2H2,1H3. The van der Waals surface area contributed by atoms with Crippen LogP contribution < -0.4 is 11.1 Å². The van der Waals surface area contributed by atoms with Crippen molar-refractivity contribution in [1.29, 1.82) is 0 Å². The summed E-state index contributed by atoms with van der Waals surface area (Å²) in [5.41, 5.74) is 4.50. The number of nitrogens with two attached hydrogens (primary N) is 1. The van der Waals surface area contributed by atoms with E-state index in [1.807, 2.05) is 0 Å². The maximum atomic E-state index is 9.06. The first kappa shape index (κ1) is 14.9. The van der Waals surface area contributed by atoms with E-state index in [-0.39, 0.29) is 0 Å². The van der Waals surface area contributed by atoms with Gasteiger partial charge < -0.3 is 11.1 Å². The molecule has 0 aromatic carbocycles. The van der Waals surface area contributed by atoms with E-state index in [9.17, 15) is 0 Å². The molecule has 1 amide bonds. The molecule has 0 bridgehead atoms. The number of carbonyl (C=O) groups excluding carboxylic acids is 1. The lowest BCUT2D eigenvalue weighted by Crippen LogP contribution is -1.99. The van der Waals surface area contributed by atoms with Gasteiger partial charge in [0.1, 0.15) is 0 Å². The molecule has 0 aromatic heterocycles. The van der Waals surface area contributed by atoms with E-state index in [2.05, 4.69) is 18.0 Å². The van der Waals surface area contributed by atoms with Crippen LogP contribution in [0.25, 0.3) is 0 Å². The van der Waals surface area contributed by atoms with E-state index in [0.717, 1.165) is 5.92 Å². The van der Waals surface area contributed by atoms with Gasteiger partial charge in [-0.3, -0.25) is 4.79 Å². The van der Waals surface area contributed by atoms with Gasteiger partial charge in [0.2, 0.25) is 6.41 Å². The molecule has 1 rings (SSSR count). The molecule has 0 atom stereocenters. The minimum atomic E-state index is 0.625. The zero-order chi connectivity index (χ0) is 10.5. The Morgan fingerprint density at radius 2 is 1.62 bits per heavy atom. The van der Waals surface area contributed by atoms with E-state index in [1.165, 1.54) is 39.2 Å². The molecule has 1 aliphatic carbocycles. The van der Waals surface area contributed by atoms with Crippen molar-refractivity contribution >= 4 is 6.41 Å². The molecule has 3 heteroatoms. The predicted molar refractivity (Wildman–Crippen MR) is 57.5 cm³/mol. The zero-order valence-electron chi connectivity index (χ0n) is 9.18. The van der Waals surface area contributed by atoms with Crippen LogP contribution in [0.2, 0.25) is 0 Å². The molecule has 13 heavy (non-hydrogen) atoms. The molecule has 0 aromatic rings. The van der Waals surface area contributed by atoms with Crippen LogP contribution in [0.15, 0.2) is 0 Å². The maximum Gasteiger partial charge on any atom is 0.206 e. The number of hydrogen-bond donors (Lipinski definition) is 2. The van der Waals surface area contributed by atoms with E-state index in [4.69, 9.17) is 4.79 Å². The van der Waals surface area contributed by atoms with Crippen molar-refractivity contribution in [3.63, 3.8) is 0 Å². The van der Waals surface area contributed by atoms with Gasteiger partial charge in [-0.05, 0) is 13.0 Å². The minimum absolute atomic E-state index is 0.625. The highest BCUT2D eigenvalue weighted by Crippen LogP contribution is 2.21. The van der Waals surface area contributed by atoms with E-state index < -0.39 is 0 Å². The van der Waals surface area contributed by atoms with E-state index in [0.29, 0.717) is 6.41 Å². The molecule has 0 spiro atoms. The molecule has 0 unspecified atom stereocenters. The summed E-state index contributed by atoms with van der Waals surface area (Å²) in [4.78, 5) is 9.06. The summed E-state index contributed by atoms with van der Waals surface area (Å²) in [6.07, 6.45) is 8.06. The summed E-state index contributed by atoms with van der Waals surface area (Å²) in [6.45, 7) is 2.36. The molecule has 1 saturated carbocycles. The normalized spacial score (nSPS) is 15.7. The molecule has 0 heterocycles. The van der Waals surface area contributed by atoms with Gasteiger partial charge in [-0.2, -0.15) is 0 Å². The van der Waals surface area contributed by atoms with Crippen LogP contribution >= 0.6 is 0 Å². The maximum absolute atomic E-state index is 9.06. The Hall–Kier alpha value is -0.570. The fourth-order valence-corrected chi connectivity index (χ4v) is 1.31. The minimum Gasteiger partial charge on any atom is -0.362 e. The van der Waals surface area contributed by atoms with Crippen molar-refractivity contribution in [3.8, 4) is 0 Å². The Balaban J connectivity index is 0. The van der Waals surface area contributed by atoms with Crippen LogP contribution in [0, 0.1) is 5.92 Å². The summed E-state index contributed by atoms with van der Waals surface area (Å²) < 4.78 is 0. The van der Waals surface area contributed by atoms with Crippen molar-refractivity contribution in [2.24, 2.45) is 11.7 Å². The number of carbonyl (C=O) groups is 1. The summed E-state index contributed by atoms with van der Waals surface area (Å²) in [7, 11) is 3.06. The predicted octanol–water partition coefficient (Wildman–Crippen LogP) is 1.52.